The van der Waals surface area contributed by atoms with Gasteiger partial charge >= 0.3 is 11.9 Å². The van der Waals surface area contributed by atoms with Crippen LogP contribution in [0.1, 0.15) is 78.6 Å². The Labute approximate surface area is 309 Å². The number of rotatable bonds is 5. The van der Waals surface area contributed by atoms with Gasteiger partial charge in [0.2, 0.25) is 5.91 Å². The van der Waals surface area contributed by atoms with Crippen LogP contribution in [0.25, 0.3) is 0 Å². The van der Waals surface area contributed by atoms with Gasteiger partial charge in [-0.2, -0.15) is 0 Å². The van der Waals surface area contributed by atoms with E-state index in [1.165, 1.54) is 5.57 Å². The van der Waals surface area contributed by atoms with Gasteiger partial charge < -0.3 is 29.5 Å². The van der Waals surface area contributed by atoms with Crippen molar-refractivity contribution in [3.8, 4) is 0 Å². The van der Waals surface area contributed by atoms with Crippen LogP contribution in [0.2, 0.25) is 0 Å². The Hall–Kier alpha value is -1.83. The maximum atomic E-state index is 14.1. The topological polar surface area (TPSA) is 145 Å². The van der Waals surface area contributed by atoms with E-state index in [-0.39, 0.29) is 89.6 Å². The highest BCUT2D eigenvalue weighted by Crippen LogP contribution is 2.62. The first-order valence-electron chi connectivity index (χ1n) is 19.4. The lowest BCUT2D eigenvalue weighted by atomic mass is 9.56. The molecule has 10 nitrogen and oxygen atoms in total. The lowest BCUT2D eigenvalue weighted by Gasteiger charge is -2.56. The molecule has 8 aliphatic rings. The number of quaternary nitrogens is 1. The highest BCUT2D eigenvalue weighted by Gasteiger charge is 2.68. The highest BCUT2D eigenvalue weighted by atomic mass is 33.1. The molecule has 12 heteroatoms. The summed E-state index contributed by atoms with van der Waals surface area (Å²) in [5, 5.41) is 11.9. The van der Waals surface area contributed by atoms with E-state index >= 15 is 0 Å². The molecule has 5 N–H and O–H groups in total. The van der Waals surface area contributed by atoms with Crippen LogP contribution < -0.4 is 11.1 Å². The number of allylic oxidation sites excluding steroid dienone is 1. The summed E-state index contributed by atoms with van der Waals surface area (Å²) in [4.78, 5) is 43.1. The number of piperidine rings is 1. The van der Waals surface area contributed by atoms with Crippen molar-refractivity contribution in [2.75, 3.05) is 25.4 Å². The van der Waals surface area contributed by atoms with Crippen molar-refractivity contribution < 1.29 is 39.0 Å². The second-order valence-corrected chi connectivity index (χ2v) is 19.5. The summed E-state index contributed by atoms with van der Waals surface area (Å²) in [5.74, 6) is 1.42. The molecule has 1 amide bonds. The summed E-state index contributed by atoms with van der Waals surface area (Å²) in [6.45, 7) is 7.40. The molecule has 51 heavy (non-hydrogen) atoms. The SMILES string of the molecule is CC=C(C)C(=O)O[C@@]1(C)CC=C2CSS[C@H]3C=C[C@H]4CN(C(=O)CC5C[NH2+]C(N)CC5[C@@H]2[C@@]12CC1CC5CC(CCCO)C(=O)OC5CC1O2)[C@H]34. The largest absolute Gasteiger partial charge is 0.462 e. The molecule has 1 spiro atoms. The van der Waals surface area contributed by atoms with Crippen LogP contribution in [0.3, 0.4) is 0 Å². The number of ether oxygens (including phenoxy) is 3. The molecule has 280 valence electrons. The summed E-state index contributed by atoms with van der Waals surface area (Å²) >= 11 is 0. The van der Waals surface area contributed by atoms with Crippen LogP contribution in [-0.2, 0) is 28.6 Å². The molecule has 8 unspecified atom stereocenters. The number of carbonyl (C=O) groups is 3. The fraction of sp³-hybridized carbons (Fsp3) is 0.769. The van der Waals surface area contributed by atoms with E-state index in [1.54, 1.807) is 13.0 Å². The van der Waals surface area contributed by atoms with E-state index in [2.05, 4.69) is 35.4 Å². The standard InChI is InChI=1S/C39H55N3O7S2/c1-4-21(2)36(45)49-38(3)10-9-24-20-50-51-31-8-7-23-19-42(35(23)31)33(44)14-27-18-41-32(40)15-28(27)34(24)39(38)17-26-13-25-12-22(6-5-11-43)37(46)47-29(25)16-30(26)48-39/h4,7-9,22-23,25-32,34-35,41,43H,5-6,10-20,40H2,1-3H3/p+1/t22?,23-,25?,26?,27?,28?,29?,30?,31-,32?,34+,35-,38-,39-/m0/s1. The number of nitrogens with two attached hydrogens (primary N) is 2. The second-order valence-electron chi connectivity index (χ2n) is 17.0. The number of esters is 2. The van der Waals surface area contributed by atoms with E-state index in [4.69, 9.17) is 19.9 Å². The first-order valence-corrected chi connectivity index (χ1v) is 21.8. The molecule has 0 aromatic rings. The van der Waals surface area contributed by atoms with Gasteiger partial charge in [-0.05, 0) is 70.6 Å². The quantitative estimate of drug-likeness (QED) is 0.166. The van der Waals surface area contributed by atoms with Crippen molar-refractivity contribution in [1.29, 1.82) is 0 Å². The minimum absolute atomic E-state index is 0.0720. The molecule has 0 aromatic carbocycles. The Bertz CT molecular complexity index is 1500. The Balaban J connectivity index is 1.18. The first kappa shape index (κ1) is 36.2. The third kappa shape index (κ3) is 6.25. The predicted octanol–water partition coefficient (Wildman–Crippen LogP) is 3.49. The van der Waals surface area contributed by atoms with E-state index in [0.717, 1.165) is 44.5 Å². The fourth-order valence-corrected chi connectivity index (χ4v) is 14.2. The second kappa shape index (κ2) is 14.1. The van der Waals surface area contributed by atoms with Crippen molar-refractivity contribution in [2.45, 2.75) is 119 Å². The van der Waals surface area contributed by atoms with Gasteiger partial charge in [0.1, 0.15) is 23.5 Å². The molecule has 0 radical (unpaired) electrons. The van der Waals surface area contributed by atoms with Crippen LogP contribution in [-0.4, -0.2) is 94.2 Å². The Morgan fingerprint density at radius 1 is 1.18 bits per heavy atom. The van der Waals surface area contributed by atoms with Gasteiger partial charge in [0, 0.05) is 67.9 Å². The molecule has 0 bridgehead atoms. The molecule has 5 saturated heterocycles. The molecule has 3 aliphatic carbocycles. The number of carbonyl (C=O) groups excluding carboxylic acids is 3. The lowest BCUT2D eigenvalue weighted by Crippen LogP contribution is -2.96. The summed E-state index contributed by atoms with van der Waals surface area (Å²) in [7, 11) is 3.76. The van der Waals surface area contributed by atoms with Gasteiger partial charge in [-0.15, -0.1) is 0 Å². The van der Waals surface area contributed by atoms with Crippen LogP contribution in [0.4, 0.5) is 0 Å². The van der Waals surface area contributed by atoms with E-state index < -0.39 is 11.2 Å². The summed E-state index contributed by atoms with van der Waals surface area (Å²) in [6, 6.07) is 0.255. The highest BCUT2D eigenvalue weighted by molar-refractivity contribution is 8.77. The summed E-state index contributed by atoms with van der Waals surface area (Å²) in [6.07, 6.45) is 14.4. The van der Waals surface area contributed by atoms with Crippen molar-refractivity contribution in [3.63, 3.8) is 0 Å². The molecule has 8 rings (SSSR count). The molecule has 5 heterocycles. The third-order valence-electron chi connectivity index (χ3n) is 14.1. The minimum atomic E-state index is -0.954. The fourth-order valence-electron chi connectivity index (χ4n) is 11.3. The molecular weight excluding hydrogens is 687 g/mol. The average molecular weight is 743 g/mol. The predicted molar refractivity (Wildman–Crippen MR) is 196 cm³/mol. The molecule has 0 aromatic heterocycles. The maximum Gasteiger partial charge on any atom is 0.334 e. The number of hydrogen-bond donors (Lipinski definition) is 3. The van der Waals surface area contributed by atoms with Crippen LogP contribution >= 0.6 is 21.6 Å². The van der Waals surface area contributed by atoms with Crippen molar-refractivity contribution >= 4 is 39.4 Å². The van der Waals surface area contributed by atoms with Crippen LogP contribution in [0, 0.1) is 41.4 Å². The molecule has 1 saturated carbocycles. The zero-order valence-electron chi connectivity index (χ0n) is 30.2. The van der Waals surface area contributed by atoms with Gasteiger partial charge in [-0.25, -0.2) is 4.79 Å². The normalized spacial score (nSPS) is 46.3. The minimum Gasteiger partial charge on any atom is -0.462 e. The number of fused-ring (bicyclic) bond motifs is 6. The summed E-state index contributed by atoms with van der Waals surface area (Å²) in [5.41, 5.74) is 6.89. The number of nitrogens with zero attached hydrogens (tertiary/aromatic N) is 1. The van der Waals surface area contributed by atoms with Crippen molar-refractivity contribution in [3.05, 3.63) is 35.5 Å². The Kier molecular flexibility index (Phi) is 10.0. The number of aliphatic hydroxyl groups excluding tert-OH is 1. The van der Waals surface area contributed by atoms with Gasteiger partial charge in [-0.1, -0.05) is 51.5 Å². The van der Waals surface area contributed by atoms with E-state index in [0.29, 0.717) is 43.6 Å². The molecule has 5 aliphatic heterocycles. The third-order valence-corrected chi connectivity index (χ3v) is 16.8. The Morgan fingerprint density at radius 3 is 2.82 bits per heavy atom. The van der Waals surface area contributed by atoms with Gasteiger partial charge in [-0.3, -0.25) is 15.3 Å². The summed E-state index contributed by atoms with van der Waals surface area (Å²) < 4.78 is 20.4. The van der Waals surface area contributed by atoms with Gasteiger partial charge in [0.25, 0.3) is 0 Å². The monoisotopic (exact) mass is 742 g/mol. The lowest BCUT2D eigenvalue weighted by molar-refractivity contribution is -0.706. The number of aliphatic hydroxyl groups is 1. The van der Waals surface area contributed by atoms with Crippen molar-refractivity contribution in [1.82, 2.24) is 4.90 Å². The average Bonchev–Trinajstić information content (AvgIpc) is 3.61. The molecule has 6 fully saturated rings. The Morgan fingerprint density at radius 2 is 2.02 bits per heavy atom. The van der Waals surface area contributed by atoms with Gasteiger partial charge in [0.15, 0.2) is 0 Å². The van der Waals surface area contributed by atoms with E-state index in [9.17, 15) is 19.5 Å². The smallest absolute Gasteiger partial charge is 0.334 e. The van der Waals surface area contributed by atoms with Crippen LogP contribution in [0.15, 0.2) is 35.5 Å². The maximum absolute atomic E-state index is 14.1. The zero-order valence-corrected chi connectivity index (χ0v) is 31.9. The first-order chi connectivity index (χ1) is 24.5. The number of amides is 1. The van der Waals surface area contributed by atoms with Crippen molar-refractivity contribution in [2.24, 2.45) is 47.2 Å². The van der Waals surface area contributed by atoms with Crippen LogP contribution in [0.5, 0.6) is 0 Å². The molecule has 14 atom stereocenters. The number of hydrogen-bond acceptors (Lipinski definition) is 10. The zero-order chi connectivity index (χ0) is 35.7. The van der Waals surface area contributed by atoms with Gasteiger partial charge in [0.05, 0.1) is 29.9 Å². The van der Waals surface area contributed by atoms with E-state index in [1.807, 2.05) is 28.5 Å². The molecular formula is C39H56N3O7S2+.